The summed E-state index contributed by atoms with van der Waals surface area (Å²) in [6, 6.07) is 4.26. The van der Waals surface area contributed by atoms with Crippen LogP contribution < -0.4 is 0 Å². The van der Waals surface area contributed by atoms with Crippen molar-refractivity contribution in [3.05, 3.63) is 41.0 Å². The largest absolute Gasteiger partial charge is 0.334 e. The Morgan fingerprint density at radius 1 is 1.47 bits per heavy atom. The molecule has 76 valence electrons. The first-order valence-electron chi connectivity index (χ1n) is 4.12. The second-order valence-corrected chi connectivity index (χ2v) is 3.64. The summed E-state index contributed by atoms with van der Waals surface area (Å²) < 4.78 is 18.3. The zero-order valence-corrected chi connectivity index (χ0v) is 9.16. The smallest absolute Gasteiger partial charge is 0.250 e. The molecule has 1 aromatic carbocycles. The van der Waals surface area contributed by atoms with E-state index in [2.05, 4.69) is 32.6 Å². The minimum atomic E-state index is -0.321. The fraction of sp³-hybridized carbons (Fsp3) is 0. The lowest BCUT2D eigenvalue weighted by Gasteiger charge is -1.97. The predicted molar refractivity (Wildman–Crippen MR) is 57.5 cm³/mol. The molecule has 0 atom stereocenters. The molecule has 1 heterocycles. The van der Waals surface area contributed by atoms with Gasteiger partial charge in [0.1, 0.15) is 5.82 Å². The molecule has 15 heavy (non-hydrogen) atoms. The summed E-state index contributed by atoms with van der Waals surface area (Å²) in [5.74, 6) is 0.413. The van der Waals surface area contributed by atoms with Gasteiger partial charge in [-0.05, 0) is 40.2 Å². The molecular weight excluding hydrogens is 263 g/mol. The lowest BCUT2D eigenvalue weighted by molar-refractivity contribution is 0.411. The SMILES string of the molecule is C=Cc1nc(-c2ccc(F)cc2Br)no1. The van der Waals surface area contributed by atoms with E-state index in [0.29, 0.717) is 21.8 Å². The average Bonchev–Trinajstić information content (AvgIpc) is 2.66. The number of rotatable bonds is 2. The van der Waals surface area contributed by atoms with Crippen molar-refractivity contribution in [2.75, 3.05) is 0 Å². The minimum absolute atomic E-state index is 0.321. The molecule has 0 spiro atoms. The molecule has 0 N–H and O–H groups in total. The number of halogens is 2. The highest BCUT2D eigenvalue weighted by Gasteiger charge is 2.10. The molecule has 0 bridgehead atoms. The van der Waals surface area contributed by atoms with Crippen LogP contribution in [0.25, 0.3) is 17.5 Å². The van der Waals surface area contributed by atoms with Crippen molar-refractivity contribution in [1.82, 2.24) is 10.1 Å². The normalized spacial score (nSPS) is 10.3. The summed E-state index contributed by atoms with van der Waals surface area (Å²) in [5, 5.41) is 3.74. The maximum absolute atomic E-state index is 12.8. The molecule has 3 nitrogen and oxygen atoms in total. The highest BCUT2D eigenvalue weighted by Crippen LogP contribution is 2.26. The monoisotopic (exact) mass is 268 g/mol. The van der Waals surface area contributed by atoms with Crippen LogP contribution in [0.4, 0.5) is 4.39 Å². The van der Waals surface area contributed by atoms with E-state index in [4.69, 9.17) is 4.52 Å². The third kappa shape index (κ3) is 1.97. The Bertz CT molecular complexity index is 510. The van der Waals surface area contributed by atoms with Crippen LogP contribution in [-0.4, -0.2) is 10.1 Å². The topological polar surface area (TPSA) is 38.9 Å². The molecule has 0 aliphatic carbocycles. The van der Waals surface area contributed by atoms with Gasteiger partial charge in [-0.15, -0.1) is 0 Å². The number of hydrogen-bond donors (Lipinski definition) is 0. The maximum Gasteiger partial charge on any atom is 0.250 e. The third-order valence-corrected chi connectivity index (χ3v) is 2.44. The summed E-state index contributed by atoms with van der Waals surface area (Å²) in [5.41, 5.74) is 0.674. The highest BCUT2D eigenvalue weighted by molar-refractivity contribution is 9.10. The molecule has 0 saturated heterocycles. The van der Waals surface area contributed by atoms with Gasteiger partial charge in [0.25, 0.3) is 0 Å². The second kappa shape index (κ2) is 3.94. The van der Waals surface area contributed by atoms with Crippen molar-refractivity contribution in [1.29, 1.82) is 0 Å². The van der Waals surface area contributed by atoms with E-state index < -0.39 is 0 Å². The van der Waals surface area contributed by atoms with Gasteiger partial charge in [-0.1, -0.05) is 11.7 Å². The van der Waals surface area contributed by atoms with Crippen LogP contribution in [0.1, 0.15) is 5.89 Å². The van der Waals surface area contributed by atoms with Crippen molar-refractivity contribution < 1.29 is 8.91 Å². The molecular formula is C10H6BrFN2O. The van der Waals surface area contributed by atoms with E-state index >= 15 is 0 Å². The summed E-state index contributed by atoms with van der Waals surface area (Å²) >= 11 is 3.23. The molecule has 0 saturated carbocycles. The molecule has 0 aliphatic rings. The number of aromatic nitrogens is 2. The van der Waals surface area contributed by atoms with Crippen LogP contribution in [0.3, 0.4) is 0 Å². The Labute approximate surface area is 93.7 Å². The lowest BCUT2D eigenvalue weighted by atomic mass is 10.2. The van der Waals surface area contributed by atoms with Crippen molar-refractivity contribution in [3.63, 3.8) is 0 Å². The first-order chi connectivity index (χ1) is 7.20. The van der Waals surface area contributed by atoms with Crippen molar-refractivity contribution in [2.24, 2.45) is 0 Å². The van der Waals surface area contributed by atoms with E-state index in [1.54, 1.807) is 6.07 Å². The molecule has 5 heteroatoms. The van der Waals surface area contributed by atoms with Gasteiger partial charge in [-0.25, -0.2) is 4.39 Å². The van der Waals surface area contributed by atoms with Crippen LogP contribution in [0, 0.1) is 5.82 Å². The van der Waals surface area contributed by atoms with Crippen LogP contribution in [0.15, 0.2) is 33.8 Å². The molecule has 0 fully saturated rings. The van der Waals surface area contributed by atoms with E-state index in [1.807, 2.05) is 0 Å². The fourth-order valence-electron chi connectivity index (χ4n) is 1.10. The molecule has 0 amide bonds. The van der Waals surface area contributed by atoms with Gasteiger partial charge in [0.15, 0.2) is 0 Å². The maximum atomic E-state index is 12.8. The van der Waals surface area contributed by atoms with E-state index in [0.717, 1.165) is 0 Å². The molecule has 1 aromatic heterocycles. The third-order valence-electron chi connectivity index (χ3n) is 1.79. The average molecular weight is 269 g/mol. The zero-order valence-electron chi connectivity index (χ0n) is 7.58. The Hall–Kier alpha value is -1.49. The molecule has 0 unspecified atom stereocenters. The first kappa shape index (κ1) is 10.0. The van der Waals surface area contributed by atoms with Crippen molar-refractivity contribution >= 4 is 22.0 Å². The lowest BCUT2D eigenvalue weighted by Crippen LogP contribution is -1.84. The molecule has 0 aliphatic heterocycles. The number of benzene rings is 1. The molecule has 0 radical (unpaired) electrons. The summed E-state index contributed by atoms with van der Waals surface area (Å²) in [4.78, 5) is 4.04. The van der Waals surface area contributed by atoms with Crippen molar-refractivity contribution in [2.45, 2.75) is 0 Å². The van der Waals surface area contributed by atoms with Gasteiger partial charge in [-0.3, -0.25) is 0 Å². The van der Waals surface area contributed by atoms with Crippen LogP contribution in [0.5, 0.6) is 0 Å². The van der Waals surface area contributed by atoms with Crippen LogP contribution >= 0.6 is 15.9 Å². The Morgan fingerprint density at radius 2 is 2.27 bits per heavy atom. The van der Waals surface area contributed by atoms with Crippen LogP contribution in [-0.2, 0) is 0 Å². The fourth-order valence-corrected chi connectivity index (χ4v) is 1.63. The van der Waals surface area contributed by atoms with Crippen LogP contribution in [0.2, 0.25) is 0 Å². The summed E-state index contributed by atoms with van der Waals surface area (Å²) in [6.07, 6.45) is 1.45. The van der Waals surface area contributed by atoms with Gasteiger partial charge in [-0.2, -0.15) is 4.98 Å². The molecule has 2 aromatic rings. The van der Waals surface area contributed by atoms with Gasteiger partial charge < -0.3 is 4.52 Å². The van der Waals surface area contributed by atoms with Gasteiger partial charge in [0.05, 0.1) is 0 Å². The van der Waals surface area contributed by atoms with Gasteiger partial charge in [0, 0.05) is 10.0 Å². The van der Waals surface area contributed by atoms with E-state index in [1.165, 1.54) is 18.2 Å². The number of nitrogens with zero attached hydrogens (tertiary/aromatic N) is 2. The number of hydrogen-bond acceptors (Lipinski definition) is 3. The second-order valence-electron chi connectivity index (χ2n) is 2.78. The van der Waals surface area contributed by atoms with Gasteiger partial charge in [0.2, 0.25) is 11.7 Å². The predicted octanol–water partition coefficient (Wildman–Crippen LogP) is 3.28. The minimum Gasteiger partial charge on any atom is -0.334 e. The first-order valence-corrected chi connectivity index (χ1v) is 4.91. The Kier molecular flexibility index (Phi) is 2.64. The quantitative estimate of drug-likeness (QED) is 0.839. The Morgan fingerprint density at radius 3 is 2.87 bits per heavy atom. The molecule has 2 rings (SSSR count). The van der Waals surface area contributed by atoms with E-state index in [9.17, 15) is 4.39 Å². The zero-order chi connectivity index (χ0) is 10.8. The summed E-state index contributed by atoms with van der Waals surface area (Å²) in [6.45, 7) is 3.51. The van der Waals surface area contributed by atoms with E-state index in [-0.39, 0.29) is 5.82 Å². The van der Waals surface area contributed by atoms with Gasteiger partial charge >= 0.3 is 0 Å². The standard InChI is InChI=1S/C10H6BrFN2O/c1-2-9-13-10(14-15-9)7-4-3-6(12)5-8(7)11/h2-5H,1H2. The highest BCUT2D eigenvalue weighted by atomic mass is 79.9. The van der Waals surface area contributed by atoms with Crippen molar-refractivity contribution in [3.8, 4) is 11.4 Å². The summed E-state index contributed by atoms with van der Waals surface area (Å²) in [7, 11) is 0. The Balaban J connectivity index is 2.49.